The normalized spacial score (nSPS) is 11.0. The van der Waals surface area contributed by atoms with Gasteiger partial charge >= 0.3 is 0 Å². The lowest BCUT2D eigenvalue weighted by molar-refractivity contribution is 0.993. The summed E-state index contributed by atoms with van der Waals surface area (Å²) in [5, 5.41) is 3.44. The molecule has 3 aromatic rings. The topological polar surface area (TPSA) is 25.8 Å². The van der Waals surface area contributed by atoms with E-state index in [1.165, 1.54) is 0 Å². The summed E-state index contributed by atoms with van der Waals surface area (Å²) in [6.45, 7) is 0. The van der Waals surface area contributed by atoms with Crippen LogP contribution in [0.1, 0.15) is 11.4 Å². The molecule has 0 saturated carbocycles. The number of hydrogen-bond donors (Lipinski definition) is 0. The SMILES string of the molecule is Clc1nc(Cc2ccccc2Br)nc2sccc12. The van der Waals surface area contributed by atoms with E-state index in [-0.39, 0.29) is 0 Å². The van der Waals surface area contributed by atoms with Gasteiger partial charge in [-0.3, -0.25) is 0 Å². The van der Waals surface area contributed by atoms with Crippen LogP contribution < -0.4 is 0 Å². The van der Waals surface area contributed by atoms with Crippen molar-refractivity contribution in [3.05, 3.63) is 56.7 Å². The molecule has 2 nitrogen and oxygen atoms in total. The lowest BCUT2D eigenvalue weighted by atomic mass is 10.1. The third kappa shape index (κ3) is 2.28. The Labute approximate surface area is 122 Å². The van der Waals surface area contributed by atoms with Crippen LogP contribution in [-0.4, -0.2) is 9.97 Å². The number of halogens is 2. The maximum Gasteiger partial charge on any atom is 0.141 e. The standard InChI is InChI=1S/C13H8BrClN2S/c14-10-4-2-1-3-8(10)7-11-16-12(15)9-5-6-18-13(9)17-11/h1-6H,7H2. The minimum atomic E-state index is 0.531. The molecule has 0 atom stereocenters. The fourth-order valence-corrected chi connectivity index (χ4v) is 3.27. The smallest absolute Gasteiger partial charge is 0.141 e. The highest BCUT2D eigenvalue weighted by atomic mass is 79.9. The first-order valence-electron chi connectivity index (χ1n) is 5.37. The highest BCUT2D eigenvalue weighted by molar-refractivity contribution is 9.10. The van der Waals surface area contributed by atoms with Gasteiger partial charge in [0.2, 0.25) is 0 Å². The van der Waals surface area contributed by atoms with E-state index in [1.807, 2.05) is 29.6 Å². The van der Waals surface area contributed by atoms with Crippen LogP contribution >= 0.6 is 38.9 Å². The molecule has 0 aliphatic carbocycles. The van der Waals surface area contributed by atoms with Crippen molar-refractivity contribution in [2.24, 2.45) is 0 Å². The molecule has 0 aliphatic rings. The molecule has 5 heteroatoms. The predicted molar refractivity (Wildman–Crippen MR) is 79.4 cm³/mol. The molecule has 90 valence electrons. The first-order valence-corrected chi connectivity index (χ1v) is 7.42. The minimum absolute atomic E-state index is 0.531. The lowest BCUT2D eigenvalue weighted by Crippen LogP contribution is -1.97. The summed E-state index contributed by atoms with van der Waals surface area (Å²) in [6.07, 6.45) is 0.676. The van der Waals surface area contributed by atoms with Crippen LogP contribution in [0.15, 0.2) is 40.2 Å². The Kier molecular flexibility index (Phi) is 3.33. The van der Waals surface area contributed by atoms with Gasteiger partial charge in [-0.1, -0.05) is 45.7 Å². The van der Waals surface area contributed by atoms with Gasteiger partial charge in [0.15, 0.2) is 0 Å². The molecule has 0 amide bonds. The molecular weight excluding hydrogens is 332 g/mol. The maximum absolute atomic E-state index is 6.15. The zero-order chi connectivity index (χ0) is 12.5. The number of nitrogens with zero attached hydrogens (tertiary/aromatic N) is 2. The Morgan fingerprint density at radius 1 is 1.17 bits per heavy atom. The summed E-state index contributed by atoms with van der Waals surface area (Å²) < 4.78 is 1.07. The summed E-state index contributed by atoms with van der Waals surface area (Å²) >= 11 is 11.3. The van der Waals surface area contributed by atoms with Crippen LogP contribution in [-0.2, 0) is 6.42 Å². The molecule has 0 fully saturated rings. The van der Waals surface area contributed by atoms with E-state index in [1.54, 1.807) is 11.3 Å². The Bertz CT molecular complexity index is 711. The summed E-state index contributed by atoms with van der Waals surface area (Å²) in [5.74, 6) is 0.752. The number of thiophene rings is 1. The molecule has 18 heavy (non-hydrogen) atoms. The molecule has 0 spiro atoms. The number of fused-ring (bicyclic) bond motifs is 1. The van der Waals surface area contributed by atoms with Gasteiger partial charge in [0, 0.05) is 16.3 Å². The van der Waals surface area contributed by atoms with Crippen molar-refractivity contribution in [3.63, 3.8) is 0 Å². The second-order valence-electron chi connectivity index (χ2n) is 3.84. The highest BCUT2D eigenvalue weighted by Crippen LogP contribution is 2.26. The van der Waals surface area contributed by atoms with Crippen LogP contribution in [0.2, 0.25) is 5.15 Å². The van der Waals surface area contributed by atoms with Crippen LogP contribution in [0.3, 0.4) is 0 Å². The van der Waals surface area contributed by atoms with E-state index >= 15 is 0 Å². The fraction of sp³-hybridized carbons (Fsp3) is 0.0769. The van der Waals surface area contributed by atoms with Gasteiger partial charge in [-0.05, 0) is 23.1 Å². The Balaban J connectivity index is 2.02. The largest absolute Gasteiger partial charge is 0.222 e. The van der Waals surface area contributed by atoms with E-state index in [9.17, 15) is 0 Å². The second-order valence-corrected chi connectivity index (χ2v) is 5.95. The number of benzene rings is 1. The molecule has 0 saturated heterocycles. The van der Waals surface area contributed by atoms with E-state index in [0.29, 0.717) is 11.6 Å². The molecule has 0 aliphatic heterocycles. The van der Waals surface area contributed by atoms with Crippen molar-refractivity contribution < 1.29 is 0 Å². The zero-order valence-corrected chi connectivity index (χ0v) is 12.4. The van der Waals surface area contributed by atoms with Crippen molar-refractivity contribution in [3.8, 4) is 0 Å². The average molecular weight is 340 g/mol. The summed E-state index contributed by atoms with van der Waals surface area (Å²) in [4.78, 5) is 9.83. The Hall–Kier alpha value is -0.970. The maximum atomic E-state index is 6.15. The molecule has 0 unspecified atom stereocenters. The first kappa shape index (κ1) is 12.1. The van der Waals surface area contributed by atoms with Gasteiger partial charge in [-0.2, -0.15) is 0 Å². The van der Waals surface area contributed by atoms with E-state index in [2.05, 4.69) is 32.0 Å². The molecule has 0 radical (unpaired) electrons. The van der Waals surface area contributed by atoms with Crippen LogP contribution in [0.5, 0.6) is 0 Å². The third-order valence-electron chi connectivity index (χ3n) is 2.63. The number of hydrogen-bond acceptors (Lipinski definition) is 3. The van der Waals surface area contributed by atoms with E-state index < -0.39 is 0 Å². The molecule has 3 rings (SSSR count). The molecule has 0 bridgehead atoms. The number of rotatable bonds is 2. The fourth-order valence-electron chi connectivity index (χ4n) is 1.75. The van der Waals surface area contributed by atoms with E-state index in [4.69, 9.17) is 11.6 Å². The molecular formula is C13H8BrClN2S. The van der Waals surface area contributed by atoms with Gasteiger partial charge in [0.1, 0.15) is 15.8 Å². The summed E-state index contributed by atoms with van der Waals surface area (Å²) in [7, 11) is 0. The van der Waals surface area contributed by atoms with Gasteiger partial charge in [0.25, 0.3) is 0 Å². The van der Waals surface area contributed by atoms with Crippen molar-refractivity contribution in [2.75, 3.05) is 0 Å². The zero-order valence-electron chi connectivity index (χ0n) is 9.23. The summed E-state index contributed by atoms with van der Waals surface area (Å²) in [5.41, 5.74) is 1.16. The van der Waals surface area contributed by atoms with Gasteiger partial charge < -0.3 is 0 Å². The molecule has 2 aromatic heterocycles. The van der Waals surface area contributed by atoms with Crippen molar-refractivity contribution in [1.82, 2.24) is 9.97 Å². The first-order chi connectivity index (χ1) is 8.74. The van der Waals surface area contributed by atoms with Gasteiger partial charge in [-0.15, -0.1) is 11.3 Å². The van der Waals surface area contributed by atoms with Gasteiger partial charge in [-0.25, -0.2) is 9.97 Å². The van der Waals surface area contributed by atoms with Crippen molar-refractivity contribution in [1.29, 1.82) is 0 Å². The highest BCUT2D eigenvalue weighted by Gasteiger charge is 2.08. The second kappa shape index (κ2) is 4.96. The predicted octanol–water partition coefficient (Wildman–Crippen LogP) is 4.70. The quantitative estimate of drug-likeness (QED) is 0.633. The Morgan fingerprint density at radius 2 is 2.00 bits per heavy atom. The van der Waals surface area contributed by atoms with Crippen molar-refractivity contribution in [2.45, 2.75) is 6.42 Å². The summed E-state index contributed by atoms with van der Waals surface area (Å²) in [6, 6.07) is 10.0. The van der Waals surface area contributed by atoms with Gasteiger partial charge in [0.05, 0.1) is 0 Å². The monoisotopic (exact) mass is 338 g/mol. The molecule has 1 aromatic carbocycles. The van der Waals surface area contributed by atoms with E-state index in [0.717, 1.165) is 26.1 Å². The van der Waals surface area contributed by atoms with Crippen LogP contribution in [0, 0.1) is 0 Å². The molecule has 2 heterocycles. The number of aromatic nitrogens is 2. The van der Waals surface area contributed by atoms with Crippen LogP contribution in [0.25, 0.3) is 10.2 Å². The molecule has 0 N–H and O–H groups in total. The Morgan fingerprint density at radius 3 is 2.83 bits per heavy atom. The minimum Gasteiger partial charge on any atom is -0.222 e. The van der Waals surface area contributed by atoms with Crippen molar-refractivity contribution >= 4 is 49.1 Å². The third-order valence-corrected chi connectivity index (χ3v) is 4.50. The lowest BCUT2D eigenvalue weighted by Gasteiger charge is -2.04. The van der Waals surface area contributed by atoms with Crippen LogP contribution in [0.4, 0.5) is 0 Å². The average Bonchev–Trinajstić information content (AvgIpc) is 2.81.